The summed E-state index contributed by atoms with van der Waals surface area (Å²) in [5.41, 5.74) is 3.22. The number of ether oxygens (including phenoxy) is 1. The highest BCUT2D eigenvalue weighted by Gasteiger charge is 2.28. The van der Waals surface area contributed by atoms with E-state index in [1.807, 2.05) is 12.1 Å². The van der Waals surface area contributed by atoms with Crippen LogP contribution in [0.2, 0.25) is 0 Å². The Morgan fingerprint density at radius 2 is 2.08 bits per heavy atom. The molecule has 0 bridgehead atoms. The van der Waals surface area contributed by atoms with Crippen LogP contribution in [-0.2, 0) is 4.74 Å². The molecule has 1 atom stereocenters. The zero-order valence-corrected chi connectivity index (χ0v) is 14.9. The first-order chi connectivity index (χ1) is 11.6. The topological polar surface area (TPSA) is 44.8 Å². The van der Waals surface area contributed by atoms with Crippen molar-refractivity contribution in [3.8, 4) is 0 Å². The van der Waals surface area contributed by atoms with Gasteiger partial charge in [-0.2, -0.15) is 0 Å². The Bertz CT molecular complexity index is 564. The molecule has 1 amide bonds. The first-order valence-corrected chi connectivity index (χ1v) is 9.04. The number of benzene rings is 1. The summed E-state index contributed by atoms with van der Waals surface area (Å²) in [6.45, 7) is 11.3. The predicted molar refractivity (Wildman–Crippen MR) is 95.5 cm³/mol. The van der Waals surface area contributed by atoms with Crippen molar-refractivity contribution in [1.29, 1.82) is 0 Å². The molecule has 0 aliphatic carbocycles. The van der Waals surface area contributed by atoms with Crippen LogP contribution in [0.1, 0.15) is 27.9 Å². The Hall–Kier alpha value is -1.43. The lowest BCUT2D eigenvalue weighted by atomic mass is 10.0. The Kier molecular flexibility index (Phi) is 5.87. The molecule has 1 N–H and O–H groups in total. The van der Waals surface area contributed by atoms with Crippen molar-refractivity contribution in [1.82, 2.24) is 15.1 Å². The summed E-state index contributed by atoms with van der Waals surface area (Å²) in [6.07, 6.45) is 1.04. The van der Waals surface area contributed by atoms with Crippen LogP contribution in [0.3, 0.4) is 0 Å². The van der Waals surface area contributed by atoms with E-state index in [2.05, 4.69) is 35.0 Å². The van der Waals surface area contributed by atoms with E-state index in [1.165, 1.54) is 11.1 Å². The van der Waals surface area contributed by atoms with Gasteiger partial charge in [0.1, 0.15) is 0 Å². The third-order valence-electron chi connectivity index (χ3n) is 5.25. The molecule has 132 valence electrons. The maximum absolute atomic E-state index is 13.1. The van der Waals surface area contributed by atoms with Gasteiger partial charge >= 0.3 is 0 Å². The molecule has 0 radical (unpaired) electrons. The second-order valence-electron chi connectivity index (χ2n) is 6.90. The van der Waals surface area contributed by atoms with Crippen molar-refractivity contribution in [2.45, 2.75) is 26.3 Å². The molecular weight excluding hydrogens is 302 g/mol. The molecule has 0 spiro atoms. The summed E-state index contributed by atoms with van der Waals surface area (Å²) in [6, 6.07) is 6.35. The minimum Gasteiger partial charge on any atom is -0.379 e. The zero-order valence-electron chi connectivity index (χ0n) is 14.9. The van der Waals surface area contributed by atoms with Crippen LogP contribution < -0.4 is 5.32 Å². The second kappa shape index (κ2) is 8.10. The number of hydrogen-bond acceptors (Lipinski definition) is 4. The lowest BCUT2D eigenvalue weighted by Gasteiger charge is -2.33. The van der Waals surface area contributed by atoms with Crippen molar-refractivity contribution in [2.75, 3.05) is 52.5 Å². The standard InChI is InChI=1S/C19H29N3O2/c1-15-3-4-17(13-16(15)2)19(23)22(18-5-6-20-14-18)8-7-21-9-11-24-12-10-21/h3-4,13,18,20H,5-12,14H2,1-2H3. The van der Waals surface area contributed by atoms with Crippen LogP contribution in [0.5, 0.6) is 0 Å². The first kappa shape index (κ1) is 17.4. The van der Waals surface area contributed by atoms with Crippen molar-refractivity contribution < 1.29 is 9.53 Å². The largest absolute Gasteiger partial charge is 0.379 e. The fourth-order valence-corrected chi connectivity index (χ4v) is 3.47. The Balaban J connectivity index is 1.70. The third kappa shape index (κ3) is 4.15. The van der Waals surface area contributed by atoms with Gasteiger partial charge in [0, 0.05) is 44.3 Å². The van der Waals surface area contributed by atoms with E-state index in [1.54, 1.807) is 0 Å². The number of hydrogen-bond donors (Lipinski definition) is 1. The van der Waals surface area contributed by atoms with Gasteiger partial charge in [0.25, 0.3) is 5.91 Å². The van der Waals surface area contributed by atoms with E-state index in [9.17, 15) is 4.79 Å². The number of rotatable bonds is 5. The molecule has 5 heteroatoms. The molecule has 24 heavy (non-hydrogen) atoms. The molecule has 0 saturated carbocycles. The monoisotopic (exact) mass is 331 g/mol. The molecule has 0 aromatic heterocycles. The molecule has 3 rings (SSSR count). The number of morpholine rings is 1. The van der Waals surface area contributed by atoms with Gasteiger partial charge in [0.05, 0.1) is 13.2 Å². The maximum atomic E-state index is 13.1. The average molecular weight is 331 g/mol. The minimum absolute atomic E-state index is 0.167. The molecule has 1 aromatic rings. The first-order valence-electron chi connectivity index (χ1n) is 9.04. The smallest absolute Gasteiger partial charge is 0.254 e. The lowest BCUT2D eigenvalue weighted by molar-refractivity contribution is 0.0301. The van der Waals surface area contributed by atoms with E-state index in [4.69, 9.17) is 4.74 Å². The Morgan fingerprint density at radius 1 is 1.29 bits per heavy atom. The second-order valence-corrected chi connectivity index (χ2v) is 6.90. The van der Waals surface area contributed by atoms with E-state index in [0.29, 0.717) is 6.04 Å². The molecule has 5 nitrogen and oxygen atoms in total. The number of carbonyl (C=O) groups is 1. The van der Waals surface area contributed by atoms with Gasteiger partial charge in [-0.1, -0.05) is 6.07 Å². The van der Waals surface area contributed by atoms with Gasteiger partial charge in [0.2, 0.25) is 0 Å². The quantitative estimate of drug-likeness (QED) is 0.887. The number of nitrogens with one attached hydrogen (secondary N) is 1. The molecule has 2 fully saturated rings. The highest BCUT2D eigenvalue weighted by molar-refractivity contribution is 5.94. The number of nitrogens with zero attached hydrogens (tertiary/aromatic N) is 2. The summed E-state index contributed by atoms with van der Waals surface area (Å²) in [5.74, 6) is 0.167. The van der Waals surface area contributed by atoms with Crippen molar-refractivity contribution in [2.24, 2.45) is 0 Å². The zero-order chi connectivity index (χ0) is 16.9. The van der Waals surface area contributed by atoms with E-state index in [0.717, 1.165) is 64.5 Å². The molecule has 2 aliphatic heterocycles. The predicted octanol–water partition coefficient (Wildman–Crippen LogP) is 1.44. The van der Waals surface area contributed by atoms with Crippen LogP contribution >= 0.6 is 0 Å². The third-order valence-corrected chi connectivity index (χ3v) is 5.25. The summed E-state index contributed by atoms with van der Waals surface area (Å²) in [5, 5.41) is 3.39. The van der Waals surface area contributed by atoms with Crippen LogP contribution in [-0.4, -0.2) is 74.2 Å². The molecular formula is C19H29N3O2. The van der Waals surface area contributed by atoms with E-state index < -0.39 is 0 Å². The van der Waals surface area contributed by atoms with E-state index >= 15 is 0 Å². The van der Waals surface area contributed by atoms with Crippen LogP contribution in [0.4, 0.5) is 0 Å². The molecule has 1 unspecified atom stereocenters. The van der Waals surface area contributed by atoms with Gasteiger partial charge in [-0.25, -0.2) is 0 Å². The fourth-order valence-electron chi connectivity index (χ4n) is 3.47. The van der Waals surface area contributed by atoms with Crippen LogP contribution in [0, 0.1) is 13.8 Å². The molecule has 2 heterocycles. The highest BCUT2D eigenvalue weighted by Crippen LogP contribution is 2.16. The summed E-state index contributed by atoms with van der Waals surface area (Å²) in [7, 11) is 0. The highest BCUT2D eigenvalue weighted by atomic mass is 16.5. The number of aryl methyl sites for hydroxylation is 2. The molecule has 2 saturated heterocycles. The Morgan fingerprint density at radius 3 is 2.75 bits per heavy atom. The SMILES string of the molecule is Cc1ccc(C(=O)N(CCN2CCOCC2)C2CCNC2)cc1C. The number of amides is 1. The minimum atomic E-state index is 0.167. The van der Waals surface area contributed by atoms with Crippen molar-refractivity contribution in [3.05, 3.63) is 34.9 Å². The van der Waals surface area contributed by atoms with Crippen molar-refractivity contribution >= 4 is 5.91 Å². The van der Waals surface area contributed by atoms with Crippen molar-refractivity contribution in [3.63, 3.8) is 0 Å². The lowest BCUT2D eigenvalue weighted by Crippen LogP contribution is -2.47. The average Bonchev–Trinajstić information content (AvgIpc) is 3.12. The van der Waals surface area contributed by atoms with Gasteiger partial charge in [0.15, 0.2) is 0 Å². The molecule has 2 aliphatic rings. The normalized spacial score (nSPS) is 21.8. The number of carbonyl (C=O) groups excluding carboxylic acids is 1. The van der Waals surface area contributed by atoms with Gasteiger partial charge < -0.3 is 15.0 Å². The summed E-state index contributed by atoms with van der Waals surface area (Å²) in [4.78, 5) is 17.6. The van der Waals surface area contributed by atoms with E-state index in [-0.39, 0.29) is 5.91 Å². The molecule has 1 aromatic carbocycles. The fraction of sp³-hybridized carbons (Fsp3) is 0.632. The van der Waals surface area contributed by atoms with Gasteiger partial charge in [-0.15, -0.1) is 0 Å². The maximum Gasteiger partial charge on any atom is 0.254 e. The van der Waals surface area contributed by atoms with Crippen LogP contribution in [0.25, 0.3) is 0 Å². The van der Waals surface area contributed by atoms with Gasteiger partial charge in [-0.3, -0.25) is 9.69 Å². The summed E-state index contributed by atoms with van der Waals surface area (Å²) >= 11 is 0. The Labute approximate surface area is 145 Å². The van der Waals surface area contributed by atoms with Crippen LogP contribution in [0.15, 0.2) is 18.2 Å². The van der Waals surface area contributed by atoms with Gasteiger partial charge in [-0.05, 0) is 50.1 Å². The summed E-state index contributed by atoms with van der Waals surface area (Å²) < 4.78 is 5.42.